The van der Waals surface area contributed by atoms with Crippen molar-refractivity contribution in [1.29, 1.82) is 0 Å². The fraction of sp³-hybridized carbons (Fsp3) is 0.920. The zero-order valence-corrected chi connectivity index (χ0v) is 21.6. The molecule has 7 nitrogen and oxygen atoms in total. The van der Waals surface area contributed by atoms with E-state index in [0.29, 0.717) is 57.8 Å². The summed E-state index contributed by atoms with van der Waals surface area (Å²) in [5.41, 5.74) is -1.33. The van der Waals surface area contributed by atoms with Crippen molar-refractivity contribution in [3.63, 3.8) is 0 Å². The molecule has 212 valence electrons. The predicted octanol–water partition coefficient (Wildman–Crippen LogP) is 4.03. The Kier molecular flexibility index (Phi) is 8.97. The molecule has 4 atom stereocenters. The summed E-state index contributed by atoms with van der Waals surface area (Å²) in [4.78, 5) is 25.4. The first-order valence-corrected chi connectivity index (χ1v) is 13.7. The molecule has 5 aliphatic rings. The summed E-state index contributed by atoms with van der Waals surface area (Å²) in [6.45, 7) is -0.180. The summed E-state index contributed by atoms with van der Waals surface area (Å²) in [6.07, 6.45) is -2.29. The molecule has 3 N–H and O–H groups in total. The average Bonchev–Trinajstić information content (AvgIpc) is 2.81. The topological polar surface area (TPSA) is 96.9 Å². The van der Waals surface area contributed by atoms with E-state index in [2.05, 4.69) is 15.4 Å². The number of amides is 2. The lowest BCUT2D eigenvalue weighted by atomic mass is 9.59. The third-order valence-corrected chi connectivity index (χ3v) is 9.27. The third-order valence-electron chi connectivity index (χ3n) is 8.78. The monoisotopic (exact) mass is 556 g/mol. The van der Waals surface area contributed by atoms with Crippen LogP contribution in [-0.4, -0.2) is 70.8 Å². The number of carbonyl (C=O) groups excluding carboxylic acids is 2. The van der Waals surface area contributed by atoms with E-state index >= 15 is 0 Å². The van der Waals surface area contributed by atoms with Crippen LogP contribution in [0.4, 0.5) is 17.6 Å². The van der Waals surface area contributed by atoms with E-state index in [0.717, 1.165) is 0 Å². The van der Waals surface area contributed by atoms with Gasteiger partial charge in [-0.1, -0.05) is 0 Å². The standard InChI is InChI=1S/C25H37ClF4N2O5/c26-18-6-5-17(12-19(18)27)36-14-22(35)31-23-7-9-24(10-8-23,20(33)13-23)32-21(34)11-15-1-3-16(4-2-15)37-25(28,29)30/h15-20,33H,1-14H2,(H,31,35)(H,32,34). The molecule has 37 heavy (non-hydrogen) atoms. The summed E-state index contributed by atoms with van der Waals surface area (Å²) in [5, 5.41) is 16.5. The third kappa shape index (κ3) is 7.48. The zero-order chi connectivity index (χ0) is 26.8. The number of carbonyl (C=O) groups is 2. The van der Waals surface area contributed by atoms with Crippen LogP contribution in [0.3, 0.4) is 0 Å². The van der Waals surface area contributed by atoms with Crippen molar-refractivity contribution in [2.24, 2.45) is 5.92 Å². The van der Waals surface area contributed by atoms with Gasteiger partial charge in [-0.2, -0.15) is 0 Å². The van der Waals surface area contributed by atoms with Gasteiger partial charge < -0.3 is 20.5 Å². The second-order valence-electron chi connectivity index (χ2n) is 11.4. The number of ether oxygens (including phenoxy) is 2. The summed E-state index contributed by atoms with van der Waals surface area (Å²) in [6, 6.07) is 0. The summed E-state index contributed by atoms with van der Waals surface area (Å²) in [7, 11) is 0. The van der Waals surface area contributed by atoms with Crippen LogP contribution in [0.2, 0.25) is 0 Å². The number of rotatable bonds is 8. The van der Waals surface area contributed by atoms with Gasteiger partial charge in [-0.3, -0.25) is 14.3 Å². The Morgan fingerprint density at radius 3 is 2.19 bits per heavy atom. The van der Waals surface area contributed by atoms with Crippen LogP contribution in [0, 0.1) is 5.92 Å². The summed E-state index contributed by atoms with van der Waals surface area (Å²) >= 11 is 5.90. The van der Waals surface area contributed by atoms with E-state index in [4.69, 9.17) is 16.3 Å². The lowest BCUT2D eigenvalue weighted by Gasteiger charge is -2.56. The van der Waals surface area contributed by atoms with Gasteiger partial charge in [0.2, 0.25) is 11.8 Å². The highest BCUT2D eigenvalue weighted by Crippen LogP contribution is 2.47. The minimum Gasteiger partial charge on any atom is -0.391 e. The van der Waals surface area contributed by atoms with E-state index in [1.54, 1.807) is 0 Å². The molecule has 0 aromatic carbocycles. The van der Waals surface area contributed by atoms with Gasteiger partial charge >= 0.3 is 6.36 Å². The normalized spacial score (nSPS) is 40.3. The Morgan fingerprint density at radius 1 is 0.946 bits per heavy atom. The van der Waals surface area contributed by atoms with Crippen molar-refractivity contribution in [1.82, 2.24) is 10.6 Å². The van der Waals surface area contributed by atoms with Gasteiger partial charge in [0.15, 0.2) is 0 Å². The molecule has 5 rings (SSSR count). The van der Waals surface area contributed by atoms with Gasteiger partial charge in [-0.15, -0.1) is 24.8 Å². The molecule has 5 saturated carbocycles. The molecule has 0 spiro atoms. The maximum absolute atomic E-state index is 13.8. The van der Waals surface area contributed by atoms with Crippen LogP contribution in [0.5, 0.6) is 0 Å². The second kappa shape index (κ2) is 11.5. The lowest BCUT2D eigenvalue weighted by Crippen LogP contribution is -2.70. The Morgan fingerprint density at radius 2 is 1.59 bits per heavy atom. The molecule has 2 bridgehead atoms. The molecule has 0 aromatic heterocycles. The van der Waals surface area contributed by atoms with Crippen LogP contribution in [0.15, 0.2) is 0 Å². The first kappa shape index (κ1) is 28.8. The minimum absolute atomic E-state index is 0.0145. The molecular formula is C25H37ClF4N2O5. The Balaban J connectivity index is 1.20. The van der Waals surface area contributed by atoms with Crippen LogP contribution in [0.1, 0.15) is 83.5 Å². The molecule has 4 unspecified atom stereocenters. The molecule has 0 aliphatic heterocycles. The van der Waals surface area contributed by atoms with Gasteiger partial charge in [-0.25, -0.2) is 4.39 Å². The van der Waals surface area contributed by atoms with Crippen molar-refractivity contribution in [3.05, 3.63) is 0 Å². The number of aliphatic hydroxyl groups is 1. The largest absolute Gasteiger partial charge is 0.522 e. The fourth-order valence-corrected chi connectivity index (χ4v) is 6.84. The fourth-order valence-electron chi connectivity index (χ4n) is 6.61. The van der Waals surface area contributed by atoms with E-state index in [1.807, 2.05) is 0 Å². The maximum atomic E-state index is 13.8. The molecule has 12 heteroatoms. The minimum atomic E-state index is -4.64. The Bertz CT molecular complexity index is 815. The van der Waals surface area contributed by atoms with Gasteiger partial charge in [0.05, 0.1) is 29.2 Å². The van der Waals surface area contributed by atoms with Crippen LogP contribution in [0.25, 0.3) is 0 Å². The summed E-state index contributed by atoms with van der Waals surface area (Å²) < 4.78 is 60.8. The maximum Gasteiger partial charge on any atom is 0.522 e. The molecular weight excluding hydrogens is 520 g/mol. The molecule has 5 fully saturated rings. The van der Waals surface area contributed by atoms with Gasteiger partial charge in [-0.05, 0) is 76.5 Å². The van der Waals surface area contributed by atoms with Crippen molar-refractivity contribution < 1.29 is 41.7 Å². The van der Waals surface area contributed by atoms with E-state index in [9.17, 15) is 32.3 Å². The smallest absolute Gasteiger partial charge is 0.391 e. The van der Waals surface area contributed by atoms with Gasteiger partial charge in [0.1, 0.15) is 12.8 Å². The Hall–Kier alpha value is -1.17. The first-order valence-electron chi connectivity index (χ1n) is 13.3. The first-order chi connectivity index (χ1) is 17.4. The van der Waals surface area contributed by atoms with E-state index < -0.39 is 41.2 Å². The van der Waals surface area contributed by atoms with Gasteiger partial charge in [0, 0.05) is 18.4 Å². The average molecular weight is 557 g/mol. The highest BCUT2D eigenvalue weighted by molar-refractivity contribution is 6.21. The van der Waals surface area contributed by atoms with Crippen molar-refractivity contribution in [2.45, 2.75) is 131 Å². The predicted molar refractivity (Wildman–Crippen MR) is 126 cm³/mol. The van der Waals surface area contributed by atoms with Gasteiger partial charge in [0.25, 0.3) is 0 Å². The number of alkyl halides is 5. The summed E-state index contributed by atoms with van der Waals surface area (Å²) in [5.74, 6) is -0.526. The van der Waals surface area contributed by atoms with Crippen molar-refractivity contribution in [3.8, 4) is 0 Å². The number of aliphatic hydroxyl groups excluding tert-OH is 1. The number of fused-ring (bicyclic) bond motifs is 3. The van der Waals surface area contributed by atoms with E-state index in [-0.39, 0.29) is 56.1 Å². The molecule has 0 saturated heterocycles. The molecule has 5 aliphatic carbocycles. The Labute approximate surface area is 219 Å². The number of hydrogen-bond acceptors (Lipinski definition) is 5. The molecule has 0 radical (unpaired) electrons. The van der Waals surface area contributed by atoms with Crippen molar-refractivity contribution >= 4 is 23.4 Å². The number of nitrogens with one attached hydrogen (secondary N) is 2. The zero-order valence-electron chi connectivity index (χ0n) is 20.8. The molecule has 0 heterocycles. The molecule has 2 amide bonds. The number of halogens is 5. The highest BCUT2D eigenvalue weighted by Gasteiger charge is 2.55. The van der Waals surface area contributed by atoms with Crippen LogP contribution >= 0.6 is 11.6 Å². The lowest BCUT2D eigenvalue weighted by molar-refractivity contribution is -0.345. The molecule has 0 aromatic rings. The SMILES string of the molecule is O=C(COC1CCC(Cl)C(F)C1)NC12CCC(NC(=O)CC3CCC(OC(F)(F)F)CC3)(CC1)C(O)C2. The van der Waals surface area contributed by atoms with Crippen LogP contribution < -0.4 is 10.6 Å². The number of hydrogen-bond donors (Lipinski definition) is 3. The van der Waals surface area contributed by atoms with E-state index in [1.165, 1.54) is 0 Å². The quantitative estimate of drug-likeness (QED) is 0.310. The van der Waals surface area contributed by atoms with Crippen molar-refractivity contribution in [2.75, 3.05) is 6.61 Å². The van der Waals surface area contributed by atoms with Crippen LogP contribution in [-0.2, 0) is 19.1 Å². The highest BCUT2D eigenvalue weighted by atomic mass is 35.5. The second-order valence-corrected chi connectivity index (χ2v) is 12.0.